The van der Waals surface area contributed by atoms with Crippen LogP contribution in [0.2, 0.25) is 0 Å². The zero-order valence-electron chi connectivity index (χ0n) is 16.2. The second-order valence-electron chi connectivity index (χ2n) is 7.50. The highest BCUT2D eigenvalue weighted by atomic mass is 19.1. The highest BCUT2D eigenvalue weighted by Crippen LogP contribution is 2.29. The number of carbonyl (C=O) groups is 1. The third-order valence-corrected chi connectivity index (χ3v) is 5.41. The van der Waals surface area contributed by atoms with Crippen LogP contribution in [-0.4, -0.2) is 25.6 Å². The average Bonchev–Trinajstić information content (AvgIpc) is 3.23. The first-order valence-electron chi connectivity index (χ1n) is 9.45. The number of pyridine rings is 1. The molecule has 0 atom stereocenters. The maximum absolute atomic E-state index is 14.9. The Morgan fingerprint density at radius 3 is 2.79 bits per heavy atom. The van der Waals surface area contributed by atoms with Crippen LogP contribution in [0, 0.1) is 12.7 Å². The van der Waals surface area contributed by atoms with E-state index < -0.39 is 0 Å². The average molecular weight is 386 g/mol. The first kappa shape index (κ1) is 17.6. The molecule has 0 N–H and O–H groups in total. The Labute approximate surface area is 167 Å². The van der Waals surface area contributed by atoms with Gasteiger partial charge in [0.2, 0.25) is 0 Å². The van der Waals surface area contributed by atoms with Gasteiger partial charge in [-0.1, -0.05) is 12.1 Å². The lowest BCUT2D eigenvalue weighted by molar-refractivity contribution is 0.0765. The second-order valence-corrected chi connectivity index (χ2v) is 7.50. The summed E-state index contributed by atoms with van der Waals surface area (Å²) in [6.07, 6.45) is 3.63. The second kappa shape index (κ2) is 6.51. The van der Waals surface area contributed by atoms with E-state index in [2.05, 4.69) is 10.1 Å². The molecule has 1 aliphatic rings. The normalized spacial score (nSPS) is 13.3. The highest BCUT2D eigenvalue weighted by Gasteiger charge is 2.28. The van der Waals surface area contributed by atoms with E-state index >= 15 is 0 Å². The van der Waals surface area contributed by atoms with Gasteiger partial charge < -0.3 is 4.90 Å². The number of rotatable bonds is 3. The Balaban J connectivity index is 1.43. The van der Waals surface area contributed by atoms with Gasteiger partial charge in [0.15, 0.2) is 0 Å². The lowest BCUT2D eigenvalue weighted by Crippen LogP contribution is -2.23. The van der Waals surface area contributed by atoms with Gasteiger partial charge in [0.1, 0.15) is 5.82 Å². The van der Waals surface area contributed by atoms with Crippen LogP contribution < -0.4 is 0 Å². The van der Waals surface area contributed by atoms with Crippen LogP contribution in [0.25, 0.3) is 22.0 Å². The number of amides is 1. The van der Waals surface area contributed by atoms with E-state index in [-0.39, 0.29) is 18.3 Å². The molecule has 0 fully saturated rings. The van der Waals surface area contributed by atoms with Crippen LogP contribution in [-0.2, 0) is 20.1 Å². The number of hydrogen-bond donors (Lipinski definition) is 0. The summed E-state index contributed by atoms with van der Waals surface area (Å²) < 4.78 is 16.7. The van der Waals surface area contributed by atoms with Crippen molar-refractivity contribution in [3.8, 4) is 11.1 Å². The largest absolute Gasteiger partial charge is 0.328 e. The lowest BCUT2D eigenvalue weighted by atomic mass is 9.99. The van der Waals surface area contributed by atoms with Crippen molar-refractivity contribution in [1.29, 1.82) is 0 Å². The van der Waals surface area contributed by atoms with E-state index in [0.29, 0.717) is 17.7 Å². The van der Waals surface area contributed by atoms with Gasteiger partial charge in [-0.25, -0.2) is 4.39 Å². The van der Waals surface area contributed by atoms with E-state index in [0.717, 1.165) is 33.3 Å². The van der Waals surface area contributed by atoms with E-state index in [1.807, 2.05) is 38.4 Å². The smallest absolute Gasteiger partial charge is 0.256 e. The van der Waals surface area contributed by atoms with Gasteiger partial charge in [-0.05, 0) is 53.9 Å². The van der Waals surface area contributed by atoms with Crippen molar-refractivity contribution in [2.45, 2.75) is 20.0 Å². The molecule has 5 rings (SSSR count). The maximum Gasteiger partial charge on any atom is 0.256 e. The third-order valence-electron chi connectivity index (χ3n) is 5.41. The van der Waals surface area contributed by atoms with E-state index in [9.17, 15) is 9.18 Å². The maximum atomic E-state index is 14.9. The van der Waals surface area contributed by atoms with Crippen molar-refractivity contribution < 1.29 is 9.18 Å². The fourth-order valence-corrected chi connectivity index (χ4v) is 3.97. The zero-order chi connectivity index (χ0) is 20.1. The fourth-order valence-electron chi connectivity index (χ4n) is 3.97. The van der Waals surface area contributed by atoms with Crippen LogP contribution in [0.15, 0.2) is 54.9 Å². The van der Waals surface area contributed by atoms with Gasteiger partial charge >= 0.3 is 0 Å². The molecule has 5 nitrogen and oxygen atoms in total. The first-order chi connectivity index (χ1) is 14.0. The van der Waals surface area contributed by atoms with Crippen molar-refractivity contribution in [2.75, 3.05) is 0 Å². The summed E-state index contributed by atoms with van der Waals surface area (Å²) in [5, 5.41) is 5.49. The number of aryl methyl sites for hydroxylation is 2. The van der Waals surface area contributed by atoms with Crippen LogP contribution >= 0.6 is 0 Å². The molecule has 0 spiro atoms. The van der Waals surface area contributed by atoms with Gasteiger partial charge in [-0.3, -0.25) is 14.5 Å². The number of benzene rings is 2. The molecule has 3 heterocycles. The molecule has 6 heteroatoms. The van der Waals surface area contributed by atoms with Gasteiger partial charge in [-0.15, -0.1) is 0 Å². The molecular formula is C23H19FN4O. The quantitative estimate of drug-likeness (QED) is 0.529. The Morgan fingerprint density at radius 1 is 1.14 bits per heavy atom. The van der Waals surface area contributed by atoms with Crippen LogP contribution in [0.4, 0.5) is 4.39 Å². The van der Waals surface area contributed by atoms with Crippen LogP contribution in [0.1, 0.15) is 27.2 Å². The minimum Gasteiger partial charge on any atom is -0.328 e. The molecule has 0 bridgehead atoms. The standard InChI is InChI=1S/C23H19FN4O/c1-14-8-17(9-18-11-27(2)26-22(14)18)15-5-6-16(20(24)10-15)12-28-13-21-19(23(28)29)4-3-7-25-21/h3-11H,12-13H2,1-2H3. The summed E-state index contributed by atoms with van der Waals surface area (Å²) >= 11 is 0. The third kappa shape index (κ3) is 2.97. The molecule has 0 saturated heterocycles. The molecule has 0 aliphatic carbocycles. The lowest BCUT2D eigenvalue weighted by Gasteiger charge is -2.16. The number of aromatic nitrogens is 3. The highest BCUT2D eigenvalue weighted by molar-refractivity contribution is 5.97. The molecule has 2 aromatic carbocycles. The van der Waals surface area contributed by atoms with Crippen molar-refractivity contribution in [1.82, 2.24) is 19.7 Å². The molecule has 1 amide bonds. The Hall–Kier alpha value is -3.54. The number of halogens is 1. The zero-order valence-corrected chi connectivity index (χ0v) is 16.2. The number of hydrogen-bond acceptors (Lipinski definition) is 3. The summed E-state index contributed by atoms with van der Waals surface area (Å²) in [5.74, 6) is -0.419. The molecule has 144 valence electrons. The SMILES string of the molecule is Cc1cc(-c2ccc(CN3Cc4ncccc4C3=O)c(F)c2)cc2cn(C)nc12. The number of fused-ring (bicyclic) bond motifs is 2. The van der Waals surface area contributed by atoms with Crippen molar-refractivity contribution >= 4 is 16.8 Å². The van der Waals surface area contributed by atoms with E-state index in [4.69, 9.17) is 0 Å². The van der Waals surface area contributed by atoms with Gasteiger partial charge in [-0.2, -0.15) is 5.10 Å². The topological polar surface area (TPSA) is 51.0 Å². The number of nitrogens with zero attached hydrogens (tertiary/aromatic N) is 4. The molecule has 0 unspecified atom stereocenters. The molecule has 29 heavy (non-hydrogen) atoms. The molecule has 0 radical (unpaired) electrons. The molecule has 4 aromatic rings. The molecular weight excluding hydrogens is 367 g/mol. The predicted molar refractivity (Wildman–Crippen MR) is 109 cm³/mol. The predicted octanol–water partition coefficient (Wildman–Crippen LogP) is 4.24. The summed E-state index contributed by atoms with van der Waals surface area (Å²) in [4.78, 5) is 18.4. The minimum absolute atomic E-state index is 0.103. The van der Waals surface area contributed by atoms with Gasteiger partial charge in [0.05, 0.1) is 23.3 Å². The van der Waals surface area contributed by atoms with Crippen molar-refractivity contribution in [3.63, 3.8) is 0 Å². The van der Waals surface area contributed by atoms with Crippen molar-refractivity contribution in [2.24, 2.45) is 7.05 Å². The summed E-state index contributed by atoms with van der Waals surface area (Å²) in [7, 11) is 1.89. The summed E-state index contributed by atoms with van der Waals surface area (Å²) in [6, 6.07) is 12.8. The summed E-state index contributed by atoms with van der Waals surface area (Å²) in [6.45, 7) is 2.64. The van der Waals surface area contributed by atoms with E-state index in [1.54, 1.807) is 34.0 Å². The minimum atomic E-state index is -0.317. The van der Waals surface area contributed by atoms with Crippen molar-refractivity contribution in [3.05, 3.63) is 83.1 Å². The Morgan fingerprint density at radius 2 is 2.00 bits per heavy atom. The van der Waals surface area contributed by atoms with Crippen LogP contribution in [0.3, 0.4) is 0 Å². The molecule has 0 saturated carbocycles. The molecule has 2 aromatic heterocycles. The van der Waals surface area contributed by atoms with Gasteiger partial charge in [0.25, 0.3) is 5.91 Å². The van der Waals surface area contributed by atoms with Crippen LogP contribution in [0.5, 0.6) is 0 Å². The number of carbonyl (C=O) groups excluding carboxylic acids is 1. The summed E-state index contributed by atoms with van der Waals surface area (Å²) in [5.41, 5.74) is 5.60. The monoisotopic (exact) mass is 386 g/mol. The fraction of sp³-hybridized carbons (Fsp3) is 0.174. The molecule has 1 aliphatic heterocycles. The van der Waals surface area contributed by atoms with Gasteiger partial charge in [0, 0.05) is 36.9 Å². The Bertz CT molecular complexity index is 1280. The van der Waals surface area contributed by atoms with E-state index in [1.165, 1.54) is 6.07 Å². The first-order valence-corrected chi connectivity index (χ1v) is 9.45. The Kier molecular flexibility index (Phi) is 3.94.